The Morgan fingerprint density at radius 3 is 2.42 bits per heavy atom. The second kappa shape index (κ2) is 8.13. The Labute approximate surface area is 146 Å². The summed E-state index contributed by atoms with van der Waals surface area (Å²) in [6.45, 7) is 0.605. The molecule has 0 saturated carbocycles. The molecular formula is C19H20N2O2S. The van der Waals surface area contributed by atoms with E-state index in [4.69, 9.17) is 0 Å². The normalized spacial score (nSPS) is 16.8. The molecule has 1 unspecified atom stereocenters. The predicted molar refractivity (Wildman–Crippen MR) is 97.3 cm³/mol. The molecule has 3 rings (SSSR count). The summed E-state index contributed by atoms with van der Waals surface area (Å²) < 4.78 is 0. The van der Waals surface area contributed by atoms with Gasteiger partial charge in [-0.3, -0.25) is 14.9 Å². The summed E-state index contributed by atoms with van der Waals surface area (Å²) in [6, 6.07) is 16.8. The van der Waals surface area contributed by atoms with E-state index >= 15 is 0 Å². The van der Waals surface area contributed by atoms with Crippen molar-refractivity contribution >= 4 is 23.5 Å². The maximum absolute atomic E-state index is 12.3. The molecular weight excluding hydrogens is 320 g/mol. The molecule has 0 aliphatic carbocycles. The largest absolute Gasteiger partial charge is 0.354 e. The summed E-state index contributed by atoms with van der Waals surface area (Å²) in [4.78, 5) is 24.2. The number of hydrogen-bond acceptors (Lipinski definition) is 4. The van der Waals surface area contributed by atoms with Gasteiger partial charge in [0.25, 0.3) is 0 Å². The first-order valence-corrected chi connectivity index (χ1v) is 9.17. The fourth-order valence-corrected chi connectivity index (χ4v) is 3.54. The lowest BCUT2D eigenvalue weighted by atomic mass is 10.0. The van der Waals surface area contributed by atoms with Crippen LogP contribution in [0.3, 0.4) is 0 Å². The number of amides is 1. The highest BCUT2D eigenvalue weighted by atomic mass is 32.2. The summed E-state index contributed by atoms with van der Waals surface area (Å²) in [7, 11) is 0. The van der Waals surface area contributed by atoms with Crippen LogP contribution in [0, 0.1) is 0 Å². The smallest absolute Gasteiger partial charge is 0.238 e. The Morgan fingerprint density at radius 2 is 1.75 bits per heavy atom. The van der Waals surface area contributed by atoms with Gasteiger partial charge in [0.1, 0.15) is 0 Å². The summed E-state index contributed by atoms with van der Waals surface area (Å²) in [5.41, 5.74) is 2.48. The summed E-state index contributed by atoms with van der Waals surface area (Å²) >= 11 is 1.74. The monoisotopic (exact) mass is 340 g/mol. The molecule has 0 spiro atoms. The molecule has 1 aliphatic heterocycles. The van der Waals surface area contributed by atoms with E-state index in [0.717, 1.165) is 23.6 Å². The number of carbonyl (C=O) groups excluding carboxylic acids is 2. The molecule has 1 fully saturated rings. The molecule has 0 radical (unpaired) electrons. The summed E-state index contributed by atoms with van der Waals surface area (Å²) in [5, 5.41) is 6.11. The minimum absolute atomic E-state index is 0.0280. The Balaban J connectivity index is 1.51. The van der Waals surface area contributed by atoms with Gasteiger partial charge in [-0.05, 0) is 12.0 Å². The van der Waals surface area contributed by atoms with Gasteiger partial charge < -0.3 is 5.32 Å². The molecule has 1 heterocycles. The van der Waals surface area contributed by atoms with E-state index in [1.54, 1.807) is 11.8 Å². The fraction of sp³-hybridized carbons (Fsp3) is 0.263. The van der Waals surface area contributed by atoms with Crippen LogP contribution in [0.1, 0.15) is 21.5 Å². The Morgan fingerprint density at radius 1 is 1.04 bits per heavy atom. The van der Waals surface area contributed by atoms with Gasteiger partial charge in [0.15, 0.2) is 5.78 Å². The predicted octanol–water partition coefficient (Wildman–Crippen LogP) is 2.24. The van der Waals surface area contributed by atoms with Gasteiger partial charge in [-0.25, -0.2) is 0 Å². The number of rotatable bonds is 6. The molecule has 1 saturated heterocycles. The van der Waals surface area contributed by atoms with Gasteiger partial charge in [-0.1, -0.05) is 54.6 Å². The number of nitrogens with one attached hydrogen (secondary N) is 2. The number of carbonyl (C=O) groups is 2. The van der Waals surface area contributed by atoms with E-state index in [0.29, 0.717) is 17.7 Å². The average molecular weight is 340 g/mol. The average Bonchev–Trinajstić information content (AvgIpc) is 3.17. The molecule has 5 heteroatoms. The molecule has 2 N–H and O–H groups in total. The zero-order valence-corrected chi connectivity index (χ0v) is 14.1. The van der Waals surface area contributed by atoms with Crippen molar-refractivity contribution in [2.45, 2.75) is 12.5 Å². The lowest BCUT2D eigenvalue weighted by molar-refractivity contribution is -0.122. The summed E-state index contributed by atoms with van der Waals surface area (Å²) in [5.74, 6) is 1.77. The number of ketones is 1. The van der Waals surface area contributed by atoms with Crippen LogP contribution in [0.25, 0.3) is 0 Å². The quantitative estimate of drug-likeness (QED) is 0.792. The molecule has 0 bridgehead atoms. The van der Waals surface area contributed by atoms with Crippen LogP contribution >= 0.6 is 11.8 Å². The van der Waals surface area contributed by atoms with Crippen molar-refractivity contribution in [1.82, 2.24) is 10.6 Å². The van der Waals surface area contributed by atoms with E-state index in [1.165, 1.54) is 0 Å². The maximum Gasteiger partial charge on any atom is 0.238 e. The first kappa shape index (κ1) is 16.7. The van der Waals surface area contributed by atoms with E-state index in [1.807, 2.05) is 54.6 Å². The van der Waals surface area contributed by atoms with E-state index in [-0.39, 0.29) is 17.7 Å². The van der Waals surface area contributed by atoms with Gasteiger partial charge in [-0.2, -0.15) is 0 Å². The van der Waals surface area contributed by atoms with Crippen molar-refractivity contribution in [3.63, 3.8) is 0 Å². The van der Waals surface area contributed by atoms with Gasteiger partial charge >= 0.3 is 0 Å². The van der Waals surface area contributed by atoms with Gasteiger partial charge in [-0.15, -0.1) is 11.8 Å². The van der Waals surface area contributed by atoms with E-state index in [9.17, 15) is 9.59 Å². The van der Waals surface area contributed by atoms with Crippen LogP contribution in [0.4, 0.5) is 0 Å². The van der Waals surface area contributed by atoms with Crippen molar-refractivity contribution in [3.05, 3.63) is 71.3 Å². The molecule has 1 amide bonds. The van der Waals surface area contributed by atoms with E-state index < -0.39 is 0 Å². The minimum Gasteiger partial charge on any atom is -0.354 e. The van der Waals surface area contributed by atoms with Crippen molar-refractivity contribution < 1.29 is 9.59 Å². The summed E-state index contributed by atoms with van der Waals surface area (Å²) in [6.07, 6.45) is 0.755. The zero-order chi connectivity index (χ0) is 16.8. The topological polar surface area (TPSA) is 58.2 Å². The number of benzene rings is 2. The molecule has 124 valence electrons. The lowest BCUT2D eigenvalue weighted by Crippen LogP contribution is -2.42. The standard InChI is InChI=1S/C19H20N2O2S/c22-18(15-4-2-1-3-5-15)16-8-6-14(7-9-16)10-11-20-19(23)17-12-24-13-21-17/h1-9,17,21H,10-13H2,(H,20,23). The van der Waals surface area contributed by atoms with Gasteiger partial charge in [0.05, 0.1) is 6.04 Å². The Kier molecular flexibility index (Phi) is 5.67. The van der Waals surface area contributed by atoms with Crippen LogP contribution in [0.2, 0.25) is 0 Å². The van der Waals surface area contributed by atoms with Crippen LogP contribution in [-0.4, -0.2) is 35.9 Å². The van der Waals surface area contributed by atoms with Crippen LogP contribution in [0.15, 0.2) is 54.6 Å². The number of thioether (sulfide) groups is 1. The minimum atomic E-state index is -0.0686. The second-order valence-corrected chi connectivity index (χ2v) is 6.74. The van der Waals surface area contributed by atoms with Crippen molar-refractivity contribution in [2.24, 2.45) is 0 Å². The fourth-order valence-electron chi connectivity index (χ4n) is 2.60. The second-order valence-electron chi connectivity index (χ2n) is 5.70. The molecule has 2 aromatic carbocycles. The first-order valence-electron chi connectivity index (χ1n) is 8.01. The third kappa shape index (κ3) is 4.24. The number of hydrogen-bond donors (Lipinski definition) is 2. The molecule has 4 nitrogen and oxygen atoms in total. The van der Waals surface area contributed by atoms with Crippen molar-refractivity contribution in [1.29, 1.82) is 0 Å². The van der Waals surface area contributed by atoms with Gasteiger partial charge in [0.2, 0.25) is 5.91 Å². The third-order valence-electron chi connectivity index (χ3n) is 4.00. The zero-order valence-electron chi connectivity index (χ0n) is 13.3. The molecule has 1 atom stereocenters. The molecule has 0 aromatic heterocycles. The molecule has 2 aromatic rings. The van der Waals surface area contributed by atoms with Crippen LogP contribution in [-0.2, 0) is 11.2 Å². The maximum atomic E-state index is 12.3. The Hall–Kier alpha value is -2.11. The highest BCUT2D eigenvalue weighted by Gasteiger charge is 2.21. The van der Waals surface area contributed by atoms with Crippen molar-refractivity contribution in [2.75, 3.05) is 18.2 Å². The highest BCUT2D eigenvalue weighted by Crippen LogP contribution is 2.12. The SMILES string of the molecule is O=C(c1ccccc1)c1ccc(CCNC(=O)C2CSCN2)cc1. The van der Waals surface area contributed by atoms with Crippen molar-refractivity contribution in [3.8, 4) is 0 Å². The Bertz CT molecular complexity index is 695. The van der Waals surface area contributed by atoms with E-state index in [2.05, 4.69) is 10.6 Å². The molecule has 24 heavy (non-hydrogen) atoms. The van der Waals surface area contributed by atoms with Crippen LogP contribution < -0.4 is 10.6 Å². The van der Waals surface area contributed by atoms with Crippen LogP contribution in [0.5, 0.6) is 0 Å². The van der Waals surface area contributed by atoms with Gasteiger partial charge in [0, 0.05) is 29.3 Å². The highest BCUT2D eigenvalue weighted by molar-refractivity contribution is 7.99. The third-order valence-corrected chi connectivity index (χ3v) is 4.94. The lowest BCUT2D eigenvalue weighted by Gasteiger charge is -2.10. The first-order chi connectivity index (χ1) is 11.7. The molecule has 1 aliphatic rings.